The number of nitrogens with one attached hydrogen (secondary N) is 1. The van der Waals surface area contributed by atoms with Crippen molar-refractivity contribution >= 4 is 40.7 Å². The van der Waals surface area contributed by atoms with Gasteiger partial charge in [0.25, 0.3) is 0 Å². The van der Waals surface area contributed by atoms with E-state index < -0.39 is 5.97 Å². The molecule has 0 atom stereocenters. The van der Waals surface area contributed by atoms with Crippen LogP contribution in [0.5, 0.6) is 0 Å². The number of alkyl halides is 1. The molecule has 0 fully saturated rings. The number of carboxylic acids is 1. The molecule has 2 aromatic rings. The number of carbonyl (C=O) groups is 2. The molecule has 2 aromatic heterocycles. The molecule has 2 heterocycles. The highest BCUT2D eigenvalue weighted by Gasteiger charge is 2.26. The van der Waals surface area contributed by atoms with E-state index in [4.69, 9.17) is 16.1 Å². The molecular weight excluding hydrogens is 306 g/mol. The number of carbonyl (C=O) groups excluding carboxylic acids is 1. The second-order valence-electron chi connectivity index (χ2n) is 3.72. The molecule has 0 saturated heterocycles. The summed E-state index contributed by atoms with van der Waals surface area (Å²) in [5, 5.41) is 17.4. The van der Waals surface area contributed by atoms with Crippen molar-refractivity contribution in [3.63, 3.8) is 0 Å². The van der Waals surface area contributed by atoms with Crippen LogP contribution in [0.4, 0.5) is 5.88 Å². The first kappa shape index (κ1) is 14.5. The summed E-state index contributed by atoms with van der Waals surface area (Å²) in [5.74, 6) is -1.47. The predicted molar refractivity (Wildman–Crippen MR) is 73.2 cm³/mol. The van der Waals surface area contributed by atoms with Crippen LogP contribution in [0.2, 0.25) is 0 Å². The number of hydrogen-bond acceptors (Lipinski definition) is 6. The third-order valence-electron chi connectivity index (χ3n) is 2.33. The molecule has 0 aliphatic heterocycles. The number of aromatic nitrogens is 2. The minimum Gasteiger partial charge on any atom is -0.477 e. The Hall–Kier alpha value is -1.93. The molecule has 7 nitrogen and oxygen atoms in total. The van der Waals surface area contributed by atoms with Gasteiger partial charge in [0.1, 0.15) is 5.01 Å². The lowest BCUT2D eigenvalue weighted by Gasteiger charge is -2.01. The van der Waals surface area contributed by atoms with Gasteiger partial charge < -0.3 is 9.63 Å². The van der Waals surface area contributed by atoms with Gasteiger partial charge in [-0.3, -0.25) is 10.1 Å². The van der Waals surface area contributed by atoms with Crippen molar-refractivity contribution in [2.45, 2.75) is 12.8 Å². The van der Waals surface area contributed by atoms with Crippen molar-refractivity contribution in [1.29, 1.82) is 0 Å². The SMILES string of the molecule is O=C(CCCCl)Nc1onc(-c2nccs2)c1C(=O)O. The minimum atomic E-state index is -1.25. The molecule has 0 bridgehead atoms. The van der Waals surface area contributed by atoms with Gasteiger partial charge >= 0.3 is 5.97 Å². The highest BCUT2D eigenvalue weighted by Crippen LogP contribution is 2.30. The molecule has 20 heavy (non-hydrogen) atoms. The molecule has 0 aromatic carbocycles. The molecule has 1 amide bonds. The fourth-order valence-corrected chi connectivity index (χ4v) is 2.23. The van der Waals surface area contributed by atoms with Gasteiger partial charge in [-0.05, 0) is 6.42 Å². The highest BCUT2D eigenvalue weighted by atomic mass is 35.5. The van der Waals surface area contributed by atoms with Gasteiger partial charge in [0.15, 0.2) is 11.3 Å². The smallest absolute Gasteiger partial charge is 0.343 e. The summed E-state index contributed by atoms with van der Waals surface area (Å²) in [7, 11) is 0. The van der Waals surface area contributed by atoms with Gasteiger partial charge in [0.2, 0.25) is 11.8 Å². The molecule has 0 aliphatic carbocycles. The van der Waals surface area contributed by atoms with Crippen LogP contribution >= 0.6 is 22.9 Å². The van der Waals surface area contributed by atoms with Crippen molar-refractivity contribution in [1.82, 2.24) is 10.1 Å². The lowest BCUT2D eigenvalue weighted by Crippen LogP contribution is -2.13. The fourth-order valence-electron chi connectivity index (χ4n) is 1.48. The van der Waals surface area contributed by atoms with Gasteiger partial charge in [-0.15, -0.1) is 22.9 Å². The number of hydrogen-bond donors (Lipinski definition) is 2. The average molecular weight is 316 g/mol. The number of amides is 1. The first-order chi connectivity index (χ1) is 9.63. The van der Waals surface area contributed by atoms with Gasteiger partial charge in [0, 0.05) is 23.9 Å². The van der Waals surface area contributed by atoms with Crippen LogP contribution in [0.25, 0.3) is 10.7 Å². The maximum absolute atomic E-state index is 11.6. The van der Waals surface area contributed by atoms with Gasteiger partial charge in [-0.25, -0.2) is 9.78 Å². The molecule has 9 heteroatoms. The monoisotopic (exact) mass is 315 g/mol. The second-order valence-corrected chi connectivity index (χ2v) is 4.99. The Morgan fingerprint density at radius 2 is 2.30 bits per heavy atom. The third-order valence-corrected chi connectivity index (χ3v) is 3.38. The maximum Gasteiger partial charge on any atom is 0.343 e. The van der Waals surface area contributed by atoms with Gasteiger partial charge in [-0.2, -0.15) is 0 Å². The van der Waals surface area contributed by atoms with E-state index in [1.807, 2.05) is 0 Å². The van der Waals surface area contributed by atoms with E-state index in [2.05, 4.69) is 15.5 Å². The molecule has 2 N–H and O–H groups in total. The van der Waals surface area contributed by atoms with Crippen molar-refractivity contribution in [2.75, 3.05) is 11.2 Å². The zero-order valence-electron chi connectivity index (χ0n) is 10.1. The number of anilines is 1. The van der Waals surface area contributed by atoms with Crippen LogP contribution in [0.1, 0.15) is 23.2 Å². The second kappa shape index (κ2) is 6.49. The molecule has 0 spiro atoms. The number of halogens is 1. The maximum atomic E-state index is 11.6. The number of carboxylic acid groups (broad SMARTS) is 1. The van der Waals surface area contributed by atoms with Crippen LogP contribution in [0, 0.1) is 0 Å². The fraction of sp³-hybridized carbons (Fsp3) is 0.273. The number of rotatable bonds is 6. The van der Waals surface area contributed by atoms with Crippen molar-refractivity contribution < 1.29 is 19.2 Å². The van der Waals surface area contributed by atoms with E-state index in [1.54, 1.807) is 5.38 Å². The summed E-state index contributed by atoms with van der Waals surface area (Å²) in [6, 6.07) is 0. The predicted octanol–water partition coefficient (Wildman–Crippen LogP) is 2.45. The summed E-state index contributed by atoms with van der Waals surface area (Å²) >= 11 is 6.71. The van der Waals surface area contributed by atoms with E-state index in [-0.39, 0.29) is 29.5 Å². The molecular formula is C11H10ClN3O4S. The topological polar surface area (TPSA) is 105 Å². The van der Waals surface area contributed by atoms with E-state index in [0.717, 1.165) is 0 Å². The zero-order chi connectivity index (χ0) is 14.5. The lowest BCUT2D eigenvalue weighted by molar-refractivity contribution is -0.116. The highest BCUT2D eigenvalue weighted by molar-refractivity contribution is 7.13. The zero-order valence-corrected chi connectivity index (χ0v) is 11.7. The summed E-state index contributed by atoms with van der Waals surface area (Å²) < 4.78 is 4.90. The van der Waals surface area contributed by atoms with E-state index in [9.17, 15) is 14.7 Å². The molecule has 0 aliphatic rings. The summed E-state index contributed by atoms with van der Waals surface area (Å²) in [4.78, 5) is 26.9. The number of aromatic carboxylic acids is 1. The number of thiazole rings is 1. The van der Waals surface area contributed by atoms with Gasteiger partial charge in [0.05, 0.1) is 0 Å². The van der Waals surface area contributed by atoms with Crippen LogP contribution in [0.15, 0.2) is 16.1 Å². The molecule has 2 rings (SSSR count). The van der Waals surface area contributed by atoms with E-state index in [1.165, 1.54) is 17.5 Å². The van der Waals surface area contributed by atoms with E-state index in [0.29, 0.717) is 17.3 Å². The van der Waals surface area contributed by atoms with Crippen LogP contribution in [0.3, 0.4) is 0 Å². The lowest BCUT2D eigenvalue weighted by atomic mass is 10.2. The van der Waals surface area contributed by atoms with Crippen molar-refractivity contribution in [3.05, 3.63) is 17.1 Å². The Morgan fingerprint density at radius 3 is 2.90 bits per heavy atom. The largest absolute Gasteiger partial charge is 0.477 e. The van der Waals surface area contributed by atoms with Crippen molar-refractivity contribution in [2.24, 2.45) is 0 Å². The standard InChI is InChI=1S/C11H10ClN3O4S/c12-3-1-2-6(16)14-9-7(11(17)18)8(15-19-9)10-13-4-5-20-10/h4-5H,1-3H2,(H,14,16)(H,17,18). The van der Waals surface area contributed by atoms with Crippen molar-refractivity contribution in [3.8, 4) is 10.7 Å². The normalized spacial score (nSPS) is 10.4. The Bertz CT molecular complexity index is 611. The van der Waals surface area contributed by atoms with Crippen LogP contribution in [-0.2, 0) is 4.79 Å². The average Bonchev–Trinajstić information content (AvgIpc) is 3.04. The Kier molecular flexibility index (Phi) is 4.70. The Labute approximate surface area is 122 Å². The first-order valence-corrected chi connectivity index (χ1v) is 7.03. The summed E-state index contributed by atoms with van der Waals surface area (Å²) in [6.45, 7) is 0. The van der Waals surface area contributed by atoms with Gasteiger partial charge in [-0.1, -0.05) is 5.16 Å². The molecule has 0 radical (unpaired) electrons. The molecule has 0 unspecified atom stereocenters. The summed E-state index contributed by atoms with van der Waals surface area (Å²) in [5.41, 5.74) is -0.112. The Morgan fingerprint density at radius 1 is 1.50 bits per heavy atom. The third kappa shape index (κ3) is 3.14. The van der Waals surface area contributed by atoms with Crippen LogP contribution < -0.4 is 5.32 Å². The first-order valence-electron chi connectivity index (χ1n) is 5.62. The quantitative estimate of drug-likeness (QED) is 0.793. The minimum absolute atomic E-state index is 0.0974. The Balaban J connectivity index is 2.26. The summed E-state index contributed by atoms with van der Waals surface area (Å²) in [6.07, 6.45) is 2.19. The molecule has 0 saturated carbocycles. The molecule has 106 valence electrons. The number of nitrogens with zero attached hydrogens (tertiary/aromatic N) is 2. The van der Waals surface area contributed by atoms with E-state index >= 15 is 0 Å². The van der Waals surface area contributed by atoms with Crippen LogP contribution in [-0.4, -0.2) is 33.0 Å².